The van der Waals surface area contributed by atoms with E-state index in [1.807, 2.05) is 6.92 Å². The molecule has 0 fully saturated rings. The normalized spacial score (nSPS) is 16.5. The second-order valence-electron chi connectivity index (χ2n) is 3.55. The van der Waals surface area contributed by atoms with Crippen molar-refractivity contribution in [3.8, 4) is 0 Å². The van der Waals surface area contributed by atoms with Crippen molar-refractivity contribution in [3.05, 3.63) is 0 Å². The van der Waals surface area contributed by atoms with Gasteiger partial charge in [0, 0.05) is 19.7 Å². The maximum absolute atomic E-state index is 9.88. The first-order chi connectivity index (χ1) is 5.54. The van der Waals surface area contributed by atoms with Crippen molar-refractivity contribution in [2.75, 3.05) is 20.3 Å². The molecule has 1 unspecified atom stereocenters. The van der Waals surface area contributed by atoms with Gasteiger partial charge in [-0.1, -0.05) is 20.8 Å². The fraction of sp³-hybridized carbons (Fsp3) is 1.00. The van der Waals surface area contributed by atoms with E-state index in [-0.39, 0.29) is 0 Å². The van der Waals surface area contributed by atoms with Crippen LogP contribution in [0.4, 0.5) is 0 Å². The second-order valence-corrected chi connectivity index (χ2v) is 3.55. The highest BCUT2D eigenvalue weighted by Crippen LogP contribution is 2.08. The largest absolute Gasteiger partial charge is 0.386 e. The van der Waals surface area contributed by atoms with Crippen LogP contribution < -0.4 is 5.32 Å². The first-order valence-corrected chi connectivity index (χ1v) is 4.49. The average Bonchev–Trinajstić information content (AvgIpc) is 2.02. The standard InChI is InChI=1S/C9H21NO2/c1-5-9(11,7-12-4)6-10-8(2)3/h8,10-11H,5-7H2,1-4H3. The zero-order chi connectivity index (χ0) is 9.61. The van der Waals surface area contributed by atoms with E-state index in [1.165, 1.54) is 0 Å². The van der Waals surface area contributed by atoms with Gasteiger partial charge in [0.2, 0.25) is 0 Å². The van der Waals surface area contributed by atoms with Crippen molar-refractivity contribution in [2.45, 2.75) is 38.8 Å². The second kappa shape index (κ2) is 5.51. The van der Waals surface area contributed by atoms with Gasteiger partial charge < -0.3 is 15.2 Å². The Labute approximate surface area is 75.1 Å². The van der Waals surface area contributed by atoms with E-state index in [1.54, 1.807) is 7.11 Å². The van der Waals surface area contributed by atoms with Crippen molar-refractivity contribution in [3.63, 3.8) is 0 Å². The maximum Gasteiger partial charge on any atom is 0.100 e. The third-order valence-corrected chi connectivity index (χ3v) is 1.91. The summed E-state index contributed by atoms with van der Waals surface area (Å²) in [6.45, 7) is 7.06. The Morgan fingerprint density at radius 1 is 1.50 bits per heavy atom. The van der Waals surface area contributed by atoms with E-state index >= 15 is 0 Å². The molecule has 3 heteroatoms. The van der Waals surface area contributed by atoms with Gasteiger partial charge in [-0.15, -0.1) is 0 Å². The number of nitrogens with one attached hydrogen (secondary N) is 1. The Morgan fingerprint density at radius 2 is 2.08 bits per heavy atom. The highest BCUT2D eigenvalue weighted by molar-refractivity contribution is 4.79. The van der Waals surface area contributed by atoms with Crippen LogP contribution in [0.3, 0.4) is 0 Å². The number of hydrogen-bond donors (Lipinski definition) is 2. The van der Waals surface area contributed by atoms with Gasteiger partial charge in [0.15, 0.2) is 0 Å². The monoisotopic (exact) mass is 175 g/mol. The number of ether oxygens (including phenoxy) is 1. The van der Waals surface area contributed by atoms with E-state index in [4.69, 9.17) is 4.74 Å². The molecular formula is C9H21NO2. The molecule has 0 saturated heterocycles. The molecule has 0 aliphatic carbocycles. The number of aliphatic hydroxyl groups is 1. The summed E-state index contributed by atoms with van der Waals surface area (Å²) in [6, 6.07) is 0.403. The lowest BCUT2D eigenvalue weighted by Gasteiger charge is -2.27. The molecule has 3 nitrogen and oxygen atoms in total. The van der Waals surface area contributed by atoms with Crippen LogP contribution >= 0.6 is 0 Å². The van der Waals surface area contributed by atoms with Gasteiger partial charge in [-0.05, 0) is 6.42 Å². The smallest absolute Gasteiger partial charge is 0.100 e. The van der Waals surface area contributed by atoms with Crippen molar-refractivity contribution in [1.82, 2.24) is 5.32 Å². The van der Waals surface area contributed by atoms with Gasteiger partial charge in [0.25, 0.3) is 0 Å². The summed E-state index contributed by atoms with van der Waals surface area (Å²) < 4.78 is 4.94. The van der Waals surface area contributed by atoms with Gasteiger partial charge >= 0.3 is 0 Å². The van der Waals surface area contributed by atoms with Crippen LogP contribution in [0.25, 0.3) is 0 Å². The van der Waals surface area contributed by atoms with Crippen molar-refractivity contribution >= 4 is 0 Å². The number of rotatable bonds is 6. The summed E-state index contributed by atoms with van der Waals surface area (Å²) in [6.07, 6.45) is 0.709. The van der Waals surface area contributed by atoms with E-state index in [2.05, 4.69) is 19.2 Å². The third kappa shape index (κ3) is 4.70. The van der Waals surface area contributed by atoms with E-state index in [0.717, 1.165) is 0 Å². The van der Waals surface area contributed by atoms with E-state index in [0.29, 0.717) is 25.6 Å². The summed E-state index contributed by atoms with van der Waals surface area (Å²) in [4.78, 5) is 0. The van der Waals surface area contributed by atoms with E-state index < -0.39 is 5.60 Å². The molecular weight excluding hydrogens is 154 g/mol. The van der Waals surface area contributed by atoms with Crippen molar-refractivity contribution < 1.29 is 9.84 Å². The van der Waals surface area contributed by atoms with Crippen molar-refractivity contribution in [1.29, 1.82) is 0 Å². The third-order valence-electron chi connectivity index (χ3n) is 1.91. The molecule has 0 aliphatic heterocycles. The molecule has 1 atom stereocenters. The zero-order valence-corrected chi connectivity index (χ0v) is 8.55. The molecule has 0 aromatic carbocycles. The molecule has 0 bridgehead atoms. The molecule has 2 N–H and O–H groups in total. The van der Waals surface area contributed by atoms with Crippen LogP contribution in [0.5, 0.6) is 0 Å². The minimum Gasteiger partial charge on any atom is -0.386 e. The van der Waals surface area contributed by atoms with E-state index in [9.17, 15) is 5.11 Å². The molecule has 0 amide bonds. The first-order valence-electron chi connectivity index (χ1n) is 4.49. The molecule has 0 aliphatic rings. The van der Waals surface area contributed by atoms with Gasteiger partial charge in [-0.3, -0.25) is 0 Å². The molecule has 74 valence electrons. The maximum atomic E-state index is 9.88. The molecule has 0 aromatic heterocycles. The Morgan fingerprint density at radius 3 is 2.42 bits per heavy atom. The van der Waals surface area contributed by atoms with Gasteiger partial charge in [-0.25, -0.2) is 0 Å². The minimum absolute atomic E-state index is 0.392. The van der Waals surface area contributed by atoms with Gasteiger partial charge in [0.05, 0.1) is 6.61 Å². The van der Waals surface area contributed by atoms with Crippen molar-refractivity contribution in [2.24, 2.45) is 0 Å². The van der Waals surface area contributed by atoms with Gasteiger partial charge in [0.1, 0.15) is 5.60 Å². The highest BCUT2D eigenvalue weighted by Gasteiger charge is 2.24. The Balaban J connectivity index is 3.78. The molecule has 0 heterocycles. The fourth-order valence-corrected chi connectivity index (χ4v) is 0.941. The summed E-state index contributed by atoms with van der Waals surface area (Å²) >= 11 is 0. The lowest BCUT2D eigenvalue weighted by Crippen LogP contribution is -2.45. The van der Waals surface area contributed by atoms with Gasteiger partial charge in [-0.2, -0.15) is 0 Å². The van der Waals surface area contributed by atoms with Crippen LogP contribution in [0, 0.1) is 0 Å². The fourth-order valence-electron chi connectivity index (χ4n) is 0.941. The SMILES string of the molecule is CCC(O)(CNC(C)C)COC. The lowest BCUT2D eigenvalue weighted by molar-refractivity contribution is -0.0334. The predicted molar refractivity (Wildman–Crippen MR) is 50.3 cm³/mol. The molecule has 0 saturated carbocycles. The highest BCUT2D eigenvalue weighted by atomic mass is 16.5. The lowest BCUT2D eigenvalue weighted by atomic mass is 10.0. The number of hydrogen-bond acceptors (Lipinski definition) is 3. The topological polar surface area (TPSA) is 41.5 Å². The summed E-state index contributed by atoms with van der Waals surface area (Å²) in [5.74, 6) is 0. The zero-order valence-electron chi connectivity index (χ0n) is 8.55. The Bertz CT molecular complexity index is 117. The molecule has 0 rings (SSSR count). The Kier molecular flexibility index (Phi) is 5.46. The van der Waals surface area contributed by atoms with Crippen LogP contribution in [-0.4, -0.2) is 37.0 Å². The average molecular weight is 175 g/mol. The van der Waals surface area contributed by atoms with Crippen LogP contribution in [-0.2, 0) is 4.74 Å². The minimum atomic E-state index is -0.709. The molecule has 0 aromatic rings. The van der Waals surface area contributed by atoms with Crippen LogP contribution in [0.1, 0.15) is 27.2 Å². The molecule has 0 radical (unpaired) electrons. The first kappa shape index (κ1) is 11.9. The summed E-state index contributed by atoms with van der Waals surface area (Å²) in [5, 5.41) is 13.1. The predicted octanol–water partition coefficient (Wildman–Crippen LogP) is 0.772. The summed E-state index contributed by atoms with van der Waals surface area (Å²) in [7, 11) is 1.61. The van der Waals surface area contributed by atoms with Crippen LogP contribution in [0.15, 0.2) is 0 Å². The Hall–Kier alpha value is -0.120. The molecule has 0 spiro atoms. The summed E-state index contributed by atoms with van der Waals surface area (Å²) in [5.41, 5.74) is -0.709. The number of methoxy groups -OCH3 is 1. The van der Waals surface area contributed by atoms with Crippen LogP contribution in [0.2, 0.25) is 0 Å². The quantitative estimate of drug-likeness (QED) is 0.626. The molecule has 12 heavy (non-hydrogen) atoms.